The van der Waals surface area contributed by atoms with Crippen molar-refractivity contribution in [3.63, 3.8) is 0 Å². The van der Waals surface area contributed by atoms with Crippen LogP contribution in [0.1, 0.15) is 26.7 Å². The van der Waals surface area contributed by atoms with Crippen molar-refractivity contribution in [1.82, 2.24) is 15.1 Å². The third kappa shape index (κ3) is 5.46. The Kier molecular flexibility index (Phi) is 6.27. The van der Waals surface area contributed by atoms with Crippen molar-refractivity contribution in [2.75, 3.05) is 32.7 Å². The molecule has 0 unspecified atom stereocenters. The summed E-state index contributed by atoms with van der Waals surface area (Å²) in [6.45, 7) is 4.55. The summed E-state index contributed by atoms with van der Waals surface area (Å²) in [5.74, 6) is -0.862. The summed E-state index contributed by atoms with van der Waals surface area (Å²) < 4.78 is 0. The van der Waals surface area contributed by atoms with E-state index in [9.17, 15) is 14.4 Å². The monoisotopic (exact) mass is 285 g/mol. The summed E-state index contributed by atoms with van der Waals surface area (Å²) in [5.41, 5.74) is 0. The number of hydrogen-bond donors (Lipinski definition) is 2. The molecule has 1 aliphatic rings. The van der Waals surface area contributed by atoms with Crippen LogP contribution in [0.15, 0.2) is 0 Å². The van der Waals surface area contributed by atoms with Gasteiger partial charge in [-0.2, -0.15) is 0 Å². The van der Waals surface area contributed by atoms with E-state index in [2.05, 4.69) is 5.32 Å². The van der Waals surface area contributed by atoms with Gasteiger partial charge in [0.05, 0.1) is 0 Å². The standard InChI is InChI=1S/C13H23N3O4/c1-3-14-11(17)8-15(4-2)13(20)16(9-12(18)19)7-10-5-6-10/h10H,3-9H2,1-2H3,(H,14,17)(H,18,19). The number of aliphatic carboxylic acids is 1. The second kappa shape index (κ2) is 7.72. The molecule has 1 rings (SSSR count). The predicted octanol–water partition coefficient (Wildman–Crippen LogP) is 0.361. The Hall–Kier alpha value is -1.79. The molecule has 0 aromatic heterocycles. The minimum atomic E-state index is -1.03. The molecule has 0 aromatic carbocycles. The first-order valence-electron chi connectivity index (χ1n) is 7.00. The number of amides is 3. The van der Waals surface area contributed by atoms with Crippen LogP contribution < -0.4 is 5.32 Å². The van der Waals surface area contributed by atoms with Gasteiger partial charge in [0, 0.05) is 19.6 Å². The Morgan fingerprint density at radius 3 is 2.25 bits per heavy atom. The maximum atomic E-state index is 12.3. The quantitative estimate of drug-likeness (QED) is 0.674. The van der Waals surface area contributed by atoms with Crippen molar-refractivity contribution in [3.05, 3.63) is 0 Å². The van der Waals surface area contributed by atoms with E-state index in [1.54, 1.807) is 13.8 Å². The highest BCUT2D eigenvalue weighted by Crippen LogP contribution is 2.29. The fourth-order valence-electron chi connectivity index (χ4n) is 1.93. The number of carboxylic acids is 1. The molecule has 0 aromatic rings. The second-order valence-electron chi connectivity index (χ2n) is 4.97. The average Bonchev–Trinajstić information content (AvgIpc) is 3.18. The van der Waals surface area contributed by atoms with Gasteiger partial charge in [0.2, 0.25) is 5.91 Å². The Morgan fingerprint density at radius 2 is 1.80 bits per heavy atom. The minimum absolute atomic E-state index is 0.0377. The zero-order valence-electron chi connectivity index (χ0n) is 12.1. The Balaban J connectivity index is 2.62. The van der Waals surface area contributed by atoms with Crippen molar-refractivity contribution in [3.8, 4) is 0 Å². The van der Waals surface area contributed by atoms with Crippen LogP contribution in [-0.2, 0) is 9.59 Å². The Bertz CT molecular complexity index is 369. The highest BCUT2D eigenvalue weighted by molar-refractivity contribution is 5.85. The van der Waals surface area contributed by atoms with E-state index < -0.39 is 5.97 Å². The van der Waals surface area contributed by atoms with Gasteiger partial charge in [-0.1, -0.05) is 0 Å². The van der Waals surface area contributed by atoms with Crippen molar-refractivity contribution in [2.24, 2.45) is 5.92 Å². The van der Waals surface area contributed by atoms with Crippen LogP contribution in [0.4, 0.5) is 4.79 Å². The molecule has 20 heavy (non-hydrogen) atoms. The number of nitrogens with zero attached hydrogens (tertiary/aromatic N) is 2. The fourth-order valence-corrected chi connectivity index (χ4v) is 1.93. The highest BCUT2D eigenvalue weighted by atomic mass is 16.4. The van der Waals surface area contributed by atoms with E-state index in [1.807, 2.05) is 0 Å². The summed E-state index contributed by atoms with van der Waals surface area (Å²) in [6, 6.07) is -0.381. The number of hydrogen-bond acceptors (Lipinski definition) is 3. The molecule has 7 heteroatoms. The molecule has 7 nitrogen and oxygen atoms in total. The molecule has 2 N–H and O–H groups in total. The molecule has 1 saturated carbocycles. The van der Waals surface area contributed by atoms with Crippen LogP contribution in [0, 0.1) is 5.92 Å². The lowest BCUT2D eigenvalue weighted by Crippen LogP contribution is -2.49. The molecule has 0 atom stereocenters. The van der Waals surface area contributed by atoms with Gasteiger partial charge in [0.25, 0.3) is 0 Å². The Morgan fingerprint density at radius 1 is 1.15 bits per heavy atom. The average molecular weight is 285 g/mol. The third-order valence-corrected chi connectivity index (χ3v) is 3.13. The number of rotatable bonds is 8. The van der Waals surface area contributed by atoms with Gasteiger partial charge >= 0.3 is 12.0 Å². The summed E-state index contributed by atoms with van der Waals surface area (Å²) in [6.07, 6.45) is 2.07. The van der Waals surface area contributed by atoms with Gasteiger partial charge in [-0.3, -0.25) is 9.59 Å². The first kappa shape index (κ1) is 16.3. The number of carbonyl (C=O) groups is 3. The molecule has 0 saturated heterocycles. The normalized spacial score (nSPS) is 13.7. The molecule has 0 spiro atoms. The topological polar surface area (TPSA) is 90.0 Å². The minimum Gasteiger partial charge on any atom is -0.480 e. The number of likely N-dealkylation sites (N-methyl/N-ethyl adjacent to an activating group) is 2. The van der Waals surface area contributed by atoms with Crippen molar-refractivity contribution in [2.45, 2.75) is 26.7 Å². The molecule has 114 valence electrons. The lowest BCUT2D eigenvalue weighted by Gasteiger charge is -2.28. The van der Waals surface area contributed by atoms with Crippen LogP contribution in [0.5, 0.6) is 0 Å². The Labute approximate surface area is 118 Å². The van der Waals surface area contributed by atoms with E-state index in [-0.39, 0.29) is 25.0 Å². The van der Waals surface area contributed by atoms with Crippen LogP contribution in [0.2, 0.25) is 0 Å². The van der Waals surface area contributed by atoms with E-state index in [0.717, 1.165) is 12.8 Å². The summed E-state index contributed by atoms with van der Waals surface area (Å²) in [4.78, 5) is 37.4. The first-order chi connectivity index (χ1) is 9.47. The molecular formula is C13H23N3O4. The molecule has 3 amide bonds. The summed E-state index contributed by atoms with van der Waals surface area (Å²) >= 11 is 0. The van der Waals surface area contributed by atoms with Gasteiger partial charge in [-0.25, -0.2) is 4.79 Å². The maximum absolute atomic E-state index is 12.3. The number of urea groups is 1. The van der Waals surface area contributed by atoms with Gasteiger partial charge in [0.1, 0.15) is 13.1 Å². The lowest BCUT2D eigenvalue weighted by molar-refractivity contribution is -0.137. The number of carbonyl (C=O) groups excluding carboxylic acids is 2. The zero-order valence-corrected chi connectivity index (χ0v) is 12.1. The molecule has 1 fully saturated rings. The second-order valence-corrected chi connectivity index (χ2v) is 4.97. The maximum Gasteiger partial charge on any atom is 0.323 e. The summed E-state index contributed by atoms with van der Waals surface area (Å²) in [7, 11) is 0. The smallest absolute Gasteiger partial charge is 0.323 e. The van der Waals surface area contributed by atoms with Crippen molar-refractivity contribution in [1.29, 1.82) is 0 Å². The number of nitrogens with one attached hydrogen (secondary N) is 1. The molecule has 1 aliphatic carbocycles. The molecule has 0 heterocycles. The van der Waals surface area contributed by atoms with Gasteiger partial charge < -0.3 is 20.2 Å². The van der Waals surface area contributed by atoms with E-state index in [4.69, 9.17) is 5.11 Å². The molecular weight excluding hydrogens is 262 g/mol. The van der Waals surface area contributed by atoms with Crippen LogP contribution in [0.25, 0.3) is 0 Å². The van der Waals surface area contributed by atoms with Gasteiger partial charge in [0.15, 0.2) is 0 Å². The predicted molar refractivity (Wildman–Crippen MR) is 73.3 cm³/mol. The molecule has 0 aliphatic heterocycles. The summed E-state index contributed by atoms with van der Waals surface area (Å²) in [5, 5.41) is 11.5. The third-order valence-electron chi connectivity index (χ3n) is 3.13. The largest absolute Gasteiger partial charge is 0.480 e. The fraction of sp³-hybridized carbons (Fsp3) is 0.769. The molecule has 0 radical (unpaired) electrons. The van der Waals surface area contributed by atoms with Gasteiger partial charge in [-0.05, 0) is 32.6 Å². The first-order valence-corrected chi connectivity index (χ1v) is 7.00. The van der Waals surface area contributed by atoms with Crippen LogP contribution in [0.3, 0.4) is 0 Å². The van der Waals surface area contributed by atoms with E-state index in [0.29, 0.717) is 25.6 Å². The zero-order chi connectivity index (χ0) is 15.1. The van der Waals surface area contributed by atoms with Gasteiger partial charge in [-0.15, -0.1) is 0 Å². The highest BCUT2D eigenvalue weighted by Gasteiger charge is 2.30. The van der Waals surface area contributed by atoms with E-state index in [1.165, 1.54) is 9.80 Å². The SMILES string of the molecule is CCNC(=O)CN(CC)C(=O)N(CC(=O)O)CC1CC1. The number of carboxylic acid groups (broad SMARTS) is 1. The lowest BCUT2D eigenvalue weighted by atomic mass is 10.3. The molecule has 0 bridgehead atoms. The van der Waals surface area contributed by atoms with Crippen molar-refractivity contribution < 1.29 is 19.5 Å². The van der Waals surface area contributed by atoms with Crippen molar-refractivity contribution >= 4 is 17.9 Å². The van der Waals surface area contributed by atoms with E-state index >= 15 is 0 Å². The van der Waals surface area contributed by atoms with Crippen LogP contribution >= 0.6 is 0 Å². The van der Waals surface area contributed by atoms with Crippen LogP contribution in [-0.4, -0.2) is 65.5 Å².